The third-order valence-electron chi connectivity index (χ3n) is 4.02. The zero-order chi connectivity index (χ0) is 17.6. The van der Waals surface area contributed by atoms with Crippen molar-refractivity contribution in [2.24, 2.45) is 5.10 Å². The summed E-state index contributed by atoms with van der Waals surface area (Å²) in [4.78, 5) is 16.6. The van der Waals surface area contributed by atoms with Crippen molar-refractivity contribution < 1.29 is 4.79 Å². The Bertz CT molecular complexity index is 861. The van der Waals surface area contributed by atoms with Gasteiger partial charge in [-0.1, -0.05) is 36.4 Å². The molecule has 4 heteroatoms. The van der Waals surface area contributed by atoms with E-state index in [1.165, 1.54) is 0 Å². The van der Waals surface area contributed by atoms with Gasteiger partial charge < -0.3 is 0 Å². The van der Waals surface area contributed by atoms with Gasteiger partial charge in [0.25, 0.3) is 5.91 Å². The predicted octanol–water partition coefficient (Wildman–Crippen LogP) is 3.88. The van der Waals surface area contributed by atoms with Crippen LogP contribution in [0.1, 0.15) is 32.6 Å². The summed E-state index contributed by atoms with van der Waals surface area (Å²) >= 11 is 0. The minimum Gasteiger partial charge on any atom is -0.267 e. The zero-order valence-corrected chi connectivity index (χ0v) is 14.2. The van der Waals surface area contributed by atoms with Crippen LogP contribution in [0.25, 0.3) is 0 Å². The van der Waals surface area contributed by atoms with Crippen molar-refractivity contribution in [3.8, 4) is 0 Å². The number of carbonyl (C=O) groups is 1. The zero-order valence-electron chi connectivity index (χ0n) is 14.2. The molecule has 1 heterocycles. The molecule has 124 valence electrons. The van der Waals surface area contributed by atoms with Crippen molar-refractivity contribution in [3.63, 3.8) is 0 Å². The highest BCUT2D eigenvalue weighted by molar-refractivity contribution is 6.13. The van der Waals surface area contributed by atoms with Crippen LogP contribution < -0.4 is 5.43 Å². The van der Waals surface area contributed by atoms with Gasteiger partial charge in [0.15, 0.2) is 0 Å². The highest BCUT2D eigenvalue weighted by Crippen LogP contribution is 2.11. The maximum Gasteiger partial charge on any atom is 0.271 e. The smallest absolute Gasteiger partial charge is 0.267 e. The van der Waals surface area contributed by atoms with E-state index >= 15 is 0 Å². The SMILES string of the molecule is Cc1ccc(C(=O)NN=C(c2ccccc2)c2cccnc2)cc1C. The first kappa shape index (κ1) is 16.6. The molecular formula is C21H19N3O. The molecule has 0 aliphatic rings. The van der Waals surface area contributed by atoms with E-state index in [1.54, 1.807) is 18.5 Å². The number of hydrogen-bond donors (Lipinski definition) is 1. The lowest BCUT2D eigenvalue weighted by Crippen LogP contribution is -2.20. The van der Waals surface area contributed by atoms with Crippen LogP contribution in [0.15, 0.2) is 78.2 Å². The normalized spacial score (nSPS) is 11.2. The van der Waals surface area contributed by atoms with Crippen molar-refractivity contribution in [3.05, 3.63) is 101 Å². The minimum absolute atomic E-state index is 0.236. The average molecular weight is 329 g/mol. The number of nitrogens with one attached hydrogen (secondary N) is 1. The Kier molecular flexibility index (Phi) is 5.00. The van der Waals surface area contributed by atoms with Gasteiger partial charge in [0, 0.05) is 29.1 Å². The minimum atomic E-state index is -0.236. The van der Waals surface area contributed by atoms with Gasteiger partial charge in [-0.25, -0.2) is 5.43 Å². The Morgan fingerprint density at radius 2 is 1.64 bits per heavy atom. The maximum absolute atomic E-state index is 12.4. The van der Waals surface area contributed by atoms with E-state index in [1.807, 2.05) is 68.4 Å². The average Bonchev–Trinajstić information content (AvgIpc) is 2.66. The topological polar surface area (TPSA) is 54.4 Å². The molecule has 1 N–H and O–H groups in total. The van der Waals surface area contributed by atoms with Gasteiger partial charge >= 0.3 is 0 Å². The first-order valence-corrected chi connectivity index (χ1v) is 8.06. The van der Waals surface area contributed by atoms with Crippen LogP contribution in [-0.4, -0.2) is 16.6 Å². The second kappa shape index (κ2) is 7.53. The fourth-order valence-electron chi connectivity index (χ4n) is 2.45. The first-order chi connectivity index (χ1) is 12.1. The Morgan fingerprint density at radius 3 is 2.32 bits per heavy atom. The van der Waals surface area contributed by atoms with Crippen molar-refractivity contribution >= 4 is 11.6 Å². The van der Waals surface area contributed by atoms with E-state index in [9.17, 15) is 4.79 Å². The van der Waals surface area contributed by atoms with Crippen LogP contribution in [0.3, 0.4) is 0 Å². The Morgan fingerprint density at radius 1 is 0.880 bits per heavy atom. The van der Waals surface area contributed by atoms with E-state index in [0.29, 0.717) is 11.3 Å². The van der Waals surface area contributed by atoms with Gasteiger partial charge in [0.1, 0.15) is 0 Å². The van der Waals surface area contributed by atoms with Crippen molar-refractivity contribution in [1.29, 1.82) is 0 Å². The number of amides is 1. The number of aryl methyl sites for hydroxylation is 2. The molecule has 0 saturated heterocycles. The maximum atomic E-state index is 12.4. The molecule has 0 saturated carbocycles. The molecule has 0 unspecified atom stereocenters. The number of carbonyl (C=O) groups excluding carboxylic acids is 1. The number of nitrogens with zero attached hydrogens (tertiary/aromatic N) is 2. The quantitative estimate of drug-likeness (QED) is 0.583. The van der Waals surface area contributed by atoms with Gasteiger partial charge in [0.2, 0.25) is 0 Å². The number of benzene rings is 2. The number of hydrazone groups is 1. The van der Waals surface area contributed by atoms with Gasteiger partial charge in [-0.15, -0.1) is 0 Å². The molecule has 1 amide bonds. The highest BCUT2D eigenvalue weighted by atomic mass is 16.2. The van der Waals surface area contributed by atoms with Crippen LogP contribution in [0.4, 0.5) is 0 Å². The molecule has 0 bridgehead atoms. The molecule has 4 nitrogen and oxygen atoms in total. The van der Waals surface area contributed by atoms with E-state index in [-0.39, 0.29) is 5.91 Å². The molecule has 0 aliphatic heterocycles. The molecule has 0 radical (unpaired) electrons. The largest absolute Gasteiger partial charge is 0.271 e. The molecule has 0 atom stereocenters. The van der Waals surface area contributed by atoms with E-state index in [2.05, 4.69) is 15.5 Å². The Hall–Kier alpha value is -3.27. The molecule has 0 aliphatic carbocycles. The summed E-state index contributed by atoms with van der Waals surface area (Å²) in [5.74, 6) is -0.236. The molecule has 3 rings (SSSR count). The lowest BCUT2D eigenvalue weighted by Gasteiger charge is -2.08. The fraction of sp³-hybridized carbons (Fsp3) is 0.0952. The standard InChI is InChI=1S/C21H19N3O/c1-15-10-11-18(13-16(15)2)21(25)24-23-20(17-7-4-3-5-8-17)19-9-6-12-22-14-19/h3-14H,1-2H3,(H,24,25). The molecule has 1 aromatic heterocycles. The third-order valence-corrected chi connectivity index (χ3v) is 4.02. The summed E-state index contributed by atoms with van der Waals surface area (Å²) in [5.41, 5.74) is 7.91. The number of hydrogen-bond acceptors (Lipinski definition) is 3. The molecule has 2 aromatic carbocycles. The van der Waals surface area contributed by atoms with Crippen molar-refractivity contribution in [1.82, 2.24) is 10.4 Å². The Balaban J connectivity index is 1.91. The van der Waals surface area contributed by atoms with E-state index < -0.39 is 0 Å². The second-order valence-electron chi connectivity index (χ2n) is 5.81. The monoisotopic (exact) mass is 329 g/mol. The van der Waals surface area contributed by atoms with Gasteiger partial charge in [0.05, 0.1) is 5.71 Å². The lowest BCUT2D eigenvalue weighted by atomic mass is 10.0. The van der Waals surface area contributed by atoms with Crippen LogP contribution >= 0.6 is 0 Å². The Labute approximate surface area is 147 Å². The number of rotatable bonds is 4. The highest BCUT2D eigenvalue weighted by Gasteiger charge is 2.10. The second-order valence-corrected chi connectivity index (χ2v) is 5.81. The van der Waals surface area contributed by atoms with E-state index in [4.69, 9.17) is 0 Å². The molecule has 25 heavy (non-hydrogen) atoms. The molecule has 0 fully saturated rings. The summed E-state index contributed by atoms with van der Waals surface area (Å²) in [6.07, 6.45) is 3.44. The van der Waals surface area contributed by atoms with Crippen molar-refractivity contribution in [2.45, 2.75) is 13.8 Å². The summed E-state index contributed by atoms with van der Waals surface area (Å²) in [6.45, 7) is 4.01. The number of aromatic nitrogens is 1. The summed E-state index contributed by atoms with van der Waals surface area (Å²) in [6, 6.07) is 19.1. The van der Waals surface area contributed by atoms with E-state index in [0.717, 1.165) is 22.3 Å². The number of pyridine rings is 1. The van der Waals surface area contributed by atoms with Gasteiger partial charge in [-0.3, -0.25) is 9.78 Å². The van der Waals surface area contributed by atoms with Crippen LogP contribution in [0, 0.1) is 13.8 Å². The van der Waals surface area contributed by atoms with Crippen LogP contribution in [0.5, 0.6) is 0 Å². The van der Waals surface area contributed by atoms with Gasteiger partial charge in [-0.2, -0.15) is 5.10 Å². The fourth-order valence-corrected chi connectivity index (χ4v) is 2.45. The third kappa shape index (κ3) is 3.98. The predicted molar refractivity (Wildman–Crippen MR) is 99.7 cm³/mol. The molecule has 0 spiro atoms. The summed E-state index contributed by atoms with van der Waals surface area (Å²) in [7, 11) is 0. The van der Waals surface area contributed by atoms with Crippen LogP contribution in [0.2, 0.25) is 0 Å². The lowest BCUT2D eigenvalue weighted by molar-refractivity contribution is 0.0955. The molecule has 3 aromatic rings. The van der Waals surface area contributed by atoms with Gasteiger partial charge in [-0.05, 0) is 49.2 Å². The summed E-state index contributed by atoms with van der Waals surface area (Å²) < 4.78 is 0. The van der Waals surface area contributed by atoms with Crippen LogP contribution in [-0.2, 0) is 0 Å². The molecular weight excluding hydrogens is 310 g/mol. The first-order valence-electron chi connectivity index (χ1n) is 8.06. The summed E-state index contributed by atoms with van der Waals surface area (Å²) in [5, 5.41) is 4.37. The van der Waals surface area contributed by atoms with Crippen molar-refractivity contribution in [2.75, 3.05) is 0 Å².